The molecule has 0 radical (unpaired) electrons. The van der Waals surface area contributed by atoms with Crippen LogP contribution in [-0.4, -0.2) is 0 Å². The van der Waals surface area contributed by atoms with Crippen molar-refractivity contribution >= 4 is 10.8 Å². The number of rotatable bonds is 2. The Kier molecular flexibility index (Phi) is 3.33. The first kappa shape index (κ1) is 11.7. The molecule has 0 saturated heterocycles. The predicted octanol–water partition coefficient (Wildman–Crippen LogP) is 4.35. The van der Waals surface area contributed by atoms with Crippen molar-refractivity contribution < 1.29 is 0 Å². The minimum absolute atomic E-state index is 0.634. The molecular formula is C17H21N. The average Bonchev–Trinajstić information content (AvgIpc) is 2.47. The van der Waals surface area contributed by atoms with E-state index in [-0.39, 0.29) is 0 Å². The fourth-order valence-corrected chi connectivity index (χ4v) is 3.24. The summed E-state index contributed by atoms with van der Waals surface area (Å²) in [6, 6.07) is 13.4. The van der Waals surface area contributed by atoms with Gasteiger partial charge in [-0.2, -0.15) is 0 Å². The summed E-state index contributed by atoms with van der Waals surface area (Å²) in [5, 5.41) is 2.78. The topological polar surface area (TPSA) is 26.0 Å². The van der Waals surface area contributed by atoms with E-state index in [0.29, 0.717) is 6.54 Å². The molecule has 0 unspecified atom stereocenters. The standard InChI is InChI=1S/C17H21N/c18-12-13-9-10-15-7-4-8-16(17(15)11-13)14-5-2-1-3-6-14/h4,7-11,14H,1-3,5-6,12,18H2. The maximum atomic E-state index is 5.77. The Balaban J connectivity index is 2.09. The first-order chi connectivity index (χ1) is 8.88. The number of hydrogen-bond donors (Lipinski definition) is 1. The van der Waals surface area contributed by atoms with E-state index in [2.05, 4.69) is 36.4 Å². The quantitative estimate of drug-likeness (QED) is 0.828. The summed E-state index contributed by atoms with van der Waals surface area (Å²) >= 11 is 0. The van der Waals surface area contributed by atoms with Crippen molar-refractivity contribution in [1.82, 2.24) is 0 Å². The molecule has 94 valence electrons. The van der Waals surface area contributed by atoms with E-state index in [1.54, 1.807) is 5.56 Å². The number of benzene rings is 2. The van der Waals surface area contributed by atoms with Gasteiger partial charge in [0.15, 0.2) is 0 Å². The lowest BCUT2D eigenvalue weighted by molar-refractivity contribution is 0.445. The molecule has 2 N–H and O–H groups in total. The second kappa shape index (κ2) is 5.11. The van der Waals surface area contributed by atoms with Crippen molar-refractivity contribution in [3.8, 4) is 0 Å². The third kappa shape index (κ3) is 2.15. The Morgan fingerprint density at radius 3 is 2.61 bits per heavy atom. The van der Waals surface area contributed by atoms with Crippen molar-refractivity contribution in [1.29, 1.82) is 0 Å². The summed E-state index contributed by atoms with van der Waals surface area (Å²) < 4.78 is 0. The molecule has 0 atom stereocenters. The van der Waals surface area contributed by atoms with Crippen molar-refractivity contribution in [2.75, 3.05) is 0 Å². The van der Waals surface area contributed by atoms with Crippen LogP contribution in [0.3, 0.4) is 0 Å². The molecule has 2 aromatic rings. The zero-order chi connectivity index (χ0) is 12.4. The van der Waals surface area contributed by atoms with Crippen molar-refractivity contribution in [2.45, 2.75) is 44.6 Å². The first-order valence-electron chi connectivity index (χ1n) is 7.10. The van der Waals surface area contributed by atoms with E-state index in [9.17, 15) is 0 Å². The minimum Gasteiger partial charge on any atom is -0.326 e. The molecule has 2 aromatic carbocycles. The van der Waals surface area contributed by atoms with Gasteiger partial charge in [-0.1, -0.05) is 49.6 Å². The van der Waals surface area contributed by atoms with Gasteiger partial charge in [0, 0.05) is 6.54 Å². The van der Waals surface area contributed by atoms with E-state index in [0.717, 1.165) is 5.92 Å². The molecular weight excluding hydrogens is 218 g/mol. The smallest absolute Gasteiger partial charge is 0.0178 e. The number of hydrogen-bond acceptors (Lipinski definition) is 1. The molecule has 0 bridgehead atoms. The molecule has 0 spiro atoms. The van der Waals surface area contributed by atoms with E-state index in [1.807, 2.05) is 0 Å². The van der Waals surface area contributed by atoms with Crippen LogP contribution in [0.15, 0.2) is 36.4 Å². The molecule has 3 rings (SSSR count). The molecule has 1 aliphatic carbocycles. The molecule has 1 heteroatoms. The van der Waals surface area contributed by atoms with Crippen LogP contribution >= 0.6 is 0 Å². The van der Waals surface area contributed by atoms with Crippen molar-refractivity contribution in [3.63, 3.8) is 0 Å². The molecule has 0 aromatic heterocycles. The molecule has 0 heterocycles. The highest BCUT2D eigenvalue weighted by Crippen LogP contribution is 2.36. The van der Waals surface area contributed by atoms with Gasteiger partial charge in [0.05, 0.1) is 0 Å². The fourth-order valence-electron chi connectivity index (χ4n) is 3.24. The van der Waals surface area contributed by atoms with Gasteiger partial charge in [-0.15, -0.1) is 0 Å². The van der Waals surface area contributed by atoms with Crippen LogP contribution < -0.4 is 5.73 Å². The Morgan fingerprint density at radius 1 is 1.00 bits per heavy atom. The van der Waals surface area contributed by atoms with Gasteiger partial charge in [-0.25, -0.2) is 0 Å². The highest BCUT2D eigenvalue weighted by atomic mass is 14.5. The minimum atomic E-state index is 0.634. The van der Waals surface area contributed by atoms with Gasteiger partial charge in [0.1, 0.15) is 0 Å². The van der Waals surface area contributed by atoms with Gasteiger partial charge in [-0.05, 0) is 46.7 Å². The largest absolute Gasteiger partial charge is 0.326 e. The third-order valence-corrected chi connectivity index (χ3v) is 4.26. The van der Waals surface area contributed by atoms with Gasteiger partial charge >= 0.3 is 0 Å². The zero-order valence-electron chi connectivity index (χ0n) is 10.9. The summed E-state index contributed by atoms with van der Waals surface area (Å²) in [5.74, 6) is 0.760. The lowest BCUT2D eigenvalue weighted by atomic mass is 9.82. The monoisotopic (exact) mass is 239 g/mol. The van der Waals surface area contributed by atoms with Crippen LogP contribution in [0.5, 0.6) is 0 Å². The molecule has 0 amide bonds. The van der Waals surface area contributed by atoms with Crippen LogP contribution in [0.1, 0.15) is 49.1 Å². The maximum Gasteiger partial charge on any atom is 0.0178 e. The summed E-state index contributed by atoms with van der Waals surface area (Å²) in [5.41, 5.74) is 8.55. The molecule has 1 saturated carbocycles. The molecule has 1 aliphatic rings. The lowest BCUT2D eigenvalue weighted by Crippen LogP contribution is -2.05. The average molecular weight is 239 g/mol. The van der Waals surface area contributed by atoms with Crippen LogP contribution in [0.2, 0.25) is 0 Å². The second-order valence-electron chi connectivity index (χ2n) is 5.44. The predicted molar refractivity (Wildman–Crippen MR) is 77.7 cm³/mol. The second-order valence-corrected chi connectivity index (χ2v) is 5.44. The highest BCUT2D eigenvalue weighted by molar-refractivity contribution is 5.86. The normalized spacial score (nSPS) is 17.2. The highest BCUT2D eigenvalue weighted by Gasteiger charge is 2.17. The Labute approximate surface area is 109 Å². The summed E-state index contributed by atoms with van der Waals surface area (Å²) in [7, 11) is 0. The van der Waals surface area contributed by atoms with Gasteiger partial charge in [-0.3, -0.25) is 0 Å². The number of fused-ring (bicyclic) bond motifs is 1. The third-order valence-electron chi connectivity index (χ3n) is 4.26. The summed E-state index contributed by atoms with van der Waals surface area (Å²) in [4.78, 5) is 0. The Hall–Kier alpha value is -1.34. The van der Waals surface area contributed by atoms with Crippen LogP contribution in [0.25, 0.3) is 10.8 Å². The van der Waals surface area contributed by atoms with Gasteiger partial charge in [0.2, 0.25) is 0 Å². The molecule has 1 nitrogen and oxygen atoms in total. The fraction of sp³-hybridized carbons (Fsp3) is 0.412. The maximum absolute atomic E-state index is 5.77. The van der Waals surface area contributed by atoms with E-state index < -0.39 is 0 Å². The molecule has 1 fully saturated rings. The Morgan fingerprint density at radius 2 is 1.83 bits per heavy atom. The van der Waals surface area contributed by atoms with Gasteiger partial charge < -0.3 is 5.73 Å². The van der Waals surface area contributed by atoms with Crippen molar-refractivity contribution in [3.05, 3.63) is 47.5 Å². The van der Waals surface area contributed by atoms with Crippen LogP contribution in [0, 0.1) is 0 Å². The lowest BCUT2D eigenvalue weighted by Gasteiger charge is -2.23. The molecule has 0 aliphatic heterocycles. The van der Waals surface area contributed by atoms with Crippen molar-refractivity contribution in [2.24, 2.45) is 5.73 Å². The molecule has 18 heavy (non-hydrogen) atoms. The van der Waals surface area contributed by atoms with E-state index in [1.165, 1.54) is 48.4 Å². The first-order valence-corrected chi connectivity index (χ1v) is 7.10. The number of nitrogens with two attached hydrogens (primary N) is 1. The summed E-state index contributed by atoms with van der Waals surface area (Å²) in [6.45, 7) is 0.634. The van der Waals surface area contributed by atoms with Crippen LogP contribution in [0.4, 0.5) is 0 Å². The van der Waals surface area contributed by atoms with Crippen LogP contribution in [-0.2, 0) is 6.54 Å². The van der Waals surface area contributed by atoms with Gasteiger partial charge in [0.25, 0.3) is 0 Å². The zero-order valence-corrected chi connectivity index (χ0v) is 10.9. The van der Waals surface area contributed by atoms with E-state index >= 15 is 0 Å². The summed E-state index contributed by atoms with van der Waals surface area (Å²) in [6.07, 6.45) is 6.89. The Bertz CT molecular complexity index is 538. The van der Waals surface area contributed by atoms with E-state index in [4.69, 9.17) is 5.73 Å². The SMILES string of the molecule is NCc1ccc2cccc(C3CCCCC3)c2c1.